The van der Waals surface area contributed by atoms with Gasteiger partial charge in [0.1, 0.15) is 5.82 Å². The number of benzene rings is 2. The molecule has 2 aromatic carbocycles. The number of nitrogens with zero attached hydrogens (tertiary/aromatic N) is 1. The van der Waals surface area contributed by atoms with Crippen LogP contribution in [0.1, 0.15) is 15.9 Å². The number of carbonyl (C=O) groups excluding carboxylic acids is 1. The molecule has 1 fully saturated rings. The average Bonchev–Trinajstić information content (AvgIpc) is 2.67. The fourth-order valence-corrected chi connectivity index (χ4v) is 3.59. The van der Waals surface area contributed by atoms with Crippen LogP contribution in [-0.2, 0) is 21.3 Å². The smallest absolute Gasteiger partial charge is 0.254 e. The van der Waals surface area contributed by atoms with Crippen molar-refractivity contribution in [1.82, 2.24) is 10.2 Å². The monoisotopic (exact) mass is 407 g/mol. The molecule has 2 aromatic rings. The van der Waals surface area contributed by atoms with Gasteiger partial charge in [-0.05, 0) is 23.8 Å². The zero-order valence-corrected chi connectivity index (χ0v) is 16.0. The van der Waals surface area contributed by atoms with Crippen molar-refractivity contribution in [2.75, 3.05) is 26.2 Å². The predicted octanol–water partition coefficient (Wildman–Crippen LogP) is 1.10. The number of amides is 1. The Morgan fingerprint density at radius 3 is 2.71 bits per heavy atom. The number of rotatable bonds is 6. The average molecular weight is 407 g/mol. The zero-order chi connectivity index (χ0) is 20.1. The highest BCUT2D eigenvalue weighted by atomic mass is 32.2. The Labute approximate surface area is 163 Å². The lowest BCUT2D eigenvalue weighted by Crippen LogP contribution is -2.47. The van der Waals surface area contributed by atoms with Crippen molar-refractivity contribution >= 4 is 15.9 Å². The lowest BCUT2D eigenvalue weighted by molar-refractivity contribution is -0.0292. The van der Waals surface area contributed by atoms with Crippen LogP contribution in [0.5, 0.6) is 0 Å². The Morgan fingerprint density at radius 2 is 2.00 bits per heavy atom. The highest BCUT2D eigenvalue weighted by Gasteiger charge is 2.22. The maximum atomic E-state index is 13.9. The molecule has 1 aliphatic heterocycles. The second-order valence-corrected chi connectivity index (χ2v) is 8.17. The van der Waals surface area contributed by atoms with Crippen molar-refractivity contribution in [3.8, 4) is 0 Å². The molecule has 150 valence electrons. The normalized spacial score (nSPS) is 18.0. The summed E-state index contributed by atoms with van der Waals surface area (Å²) >= 11 is 0. The minimum Gasteiger partial charge on any atom is -0.374 e. The van der Waals surface area contributed by atoms with E-state index in [4.69, 9.17) is 9.88 Å². The summed E-state index contributed by atoms with van der Waals surface area (Å²) in [5.41, 5.74) is 0.817. The summed E-state index contributed by atoms with van der Waals surface area (Å²) < 4.78 is 42.4. The fraction of sp³-hybridized carbons (Fsp3) is 0.316. The molecule has 1 aliphatic rings. The van der Waals surface area contributed by atoms with Crippen LogP contribution in [0.15, 0.2) is 53.4 Å². The molecule has 3 N–H and O–H groups in total. The van der Waals surface area contributed by atoms with Crippen LogP contribution in [-0.4, -0.2) is 51.6 Å². The molecular formula is C19H22FN3O4S. The first-order valence-corrected chi connectivity index (χ1v) is 10.4. The number of nitrogens with two attached hydrogens (primary N) is 1. The van der Waals surface area contributed by atoms with E-state index in [9.17, 15) is 17.6 Å². The van der Waals surface area contributed by atoms with Gasteiger partial charge in [-0.15, -0.1) is 0 Å². The zero-order valence-electron chi connectivity index (χ0n) is 15.2. The van der Waals surface area contributed by atoms with Gasteiger partial charge in [0.25, 0.3) is 5.91 Å². The van der Waals surface area contributed by atoms with Crippen LogP contribution < -0.4 is 10.5 Å². The Balaban J connectivity index is 1.58. The van der Waals surface area contributed by atoms with Crippen LogP contribution >= 0.6 is 0 Å². The van der Waals surface area contributed by atoms with Gasteiger partial charge in [0, 0.05) is 26.2 Å². The molecule has 1 saturated heterocycles. The molecular weight excluding hydrogens is 385 g/mol. The van der Waals surface area contributed by atoms with E-state index in [1.165, 1.54) is 5.56 Å². The summed E-state index contributed by atoms with van der Waals surface area (Å²) in [5.74, 6) is -1.54. The van der Waals surface area contributed by atoms with Gasteiger partial charge >= 0.3 is 0 Å². The van der Waals surface area contributed by atoms with E-state index in [0.29, 0.717) is 13.2 Å². The van der Waals surface area contributed by atoms with Crippen molar-refractivity contribution in [2.45, 2.75) is 17.5 Å². The third-order valence-corrected chi connectivity index (χ3v) is 5.38. The lowest BCUT2D eigenvalue weighted by atomic mass is 10.1. The van der Waals surface area contributed by atoms with Gasteiger partial charge in [0.2, 0.25) is 10.0 Å². The van der Waals surface area contributed by atoms with E-state index in [1.54, 1.807) is 0 Å². The summed E-state index contributed by atoms with van der Waals surface area (Å²) in [4.78, 5) is 14.2. The summed E-state index contributed by atoms with van der Waals surface area (Å²) in [7, 11) is -4.03. The highest BCUT2D eigenvalue weighted by Crippen LogP contribution is 2.15. The van der Waals surface area contributed by atoms with Gasteiger partial charge in [-0.3, -0.25) is 9.69 Å². The number of carbonyl (C=O) groups is 1. The molecule has 0 saturated carbocycles. The van der Waals surface area contributed by atoms with Gasteiger partial charge in [0.15, 0.2) is 0 Å². The highest BCUT2D eigenvalue weighted by molar-refractivity contribution is 7.89. The minimum atomic E-state index is -4.03. The van der Waals surface area contributed by atoms with Crippen molar-refractivity contribution in [1.29, 1.82) is 0 Å². The van der Waals surface area contributed by atoms with Crippen LogP contribution in [0.25, 0.3) is 0 Å². The second-order valence-electron chi connectivity index (χ2n) is 6.61. The van der Waals surface area contributed by atoms with Gasteiger partial charge < -0.3 is 10.1 Å². The number of halogens is 1. The Kier molecular flexibility index (Phi) is 6.40. The molecule has 1 amide bonds. The van der Waals surface area contributed by atoms with Crippen LogP contribution in [0.4, 0.5) is 4.39 Å². The van der Waals surface area contributed by atoms with Crippen LogP contribution in [0.3, 0.4) is 0 Å². The number of ether oxygens (including phenoxy) is 1. The predicted molar refractivity (Wildman–Crippen MR) is 102 cm³/mol. The minimum absolute atomic E-state index is 0.184. The molecule has 1 unspecified atom stereocenters. The van der Waals surface area contributed by atoms with Crippen molar-refractivity contribution in [2.24, 2.45) is 5.14 Å². The Bertz CT molecular complexity index is 937. The van der Waals surface area contributed by atoms with Crippen molar-refractivity contribution in [3.63, 3.8) is 0 Å². The molecule has 3 rings (SSSR count). The van der Waals surface area contributed by atoms with E-state index >= 15 is 0 Å². The topological polar surface area (TPSA) is 102 Å². The number of sulfonamides is 1. The fourth-order valence-electron chi connectivity index (χ4n) is 3.05. The van der Waals surface area contributed by atoms with E-state index in [1.807, 2.05) is 30.3 Å². The van der Waals surface area contributed by atoms with Gasteiger partial charge in [0.05, 0.1) is 23.2 Å². The number of hydrogen-bond donors (Lipinski definition) is 2. The quantitative estimate of drug-likeness (QED) is 0.747. The van der Waals surface area contributed by atoms with E-state index in [0.717, 1.165) is 31.3 Å². The standard InChI is InChI=1S/C19H22FN3O4S/c20-18-7-6-16(28(21,25)26)10-17(18)19(24)22-11-15-13-23(8-9-27-15)12-14-4-2-1-3-5-14/h1-7,10,15H,8-9,11-13H2,(H,22,24)(H2,21,25,26). The van der Waals surface area contributed by atoms with Crippen LogP contribution in [0, 0.1) is 5.82 Å². The molecule has 0 bridgehead atoms. The molecule has 0 radical (unpaired) electrons. The maximum absolute atomic E-state index is 13.9. The van der Waals surface area contributed by atoms with E-state index in [-0.39, 0.29) is 23.1 Å². The Hall–Kier alpha value is -2.33. The second kappa shape index (κ2) is 8.78. The molecule has 28 heavy (non-hydrogen) atoms. The Morgan fingerprint density at radius 1 is 1.25 bits per heavy atom. The molecule has 7 nitrogen and oxygen atoms in total. The molecule has 0 aromatic heterocycles. The third kappa shape index (κ3) is 5.35. The van der Waals surface area contributed by atoms with Gasteiger partial charge in [-0.25, -0.2) is 17.9 Å². The van der Waals surface area contributed by atoms with Crippen LogP contribution in [0.2, 0.25) is 0 Å². The first-order valence-electron chi connectivity index (χ1n) is 8.81. The maximum Gasteiger partial charge on any atom is 0.254 e. The number of morpholine rings is 1. The largest absolute Gasteiger partial charge is 0.374 e. The molecule has 1 atom stereocenters. The summed E-state index contributed by atoms with van der Waals surface area (Å²) in [6.07, 6.45) is -0.245. The summed E-state index contributed by atoms with van der Waals surface area (Å²) in [6.45, 7) is 2.89. The SMILES string of the molecule is NS(=O)(=O)c1ccc(F)c(C(=O)NCC2CN(Cc3ccccc3)CCO2)c1. The van der Waals surface area contributed by atoms with Gasteiger partial charge in [-0.1, -0.05) is 30.3 Å². The van der Waals surface area contributed by atoms with Crippen molar-refractivity contribution in [3.05, 3.63) is 65.5 Å². The summed E-state index contributed by atoms with van der Waals surface area (Å²) in [5, 5.41) is 7.64. The van der Waals surface area contributed by atoms with E-state index in [2.05, 4.69) is 10.2 Å². The summed E-state index contributed by atoms with van der Waals surface area (Å²) in [6, 6.07) is 12.9. The lowest BCUT2D eigenvalue weighted by Gasteiger charge is -2.33. The van der Waals surface area contributed by atoms with Gasteiger partial charge in [-0.2, -0.15) is 0 Å². The first-order chi connectivity index (χ1) is 13.3. The number of nitrogens with one attached hydrogen (secondary N) is 1. The number of primary sulfonamides is 1. The molecule has 9 heteroatoms. The third-order valence-electron chi connectivity index (χ3n) is 4.47. The first kappa shape index (κ1) is 20.4. The van der Waals surface area contributed by atoms with E-state index < -0.39 is 21.7 Å². The van der Waals surface area contributed by atoms with Crippen molar-refractivity contribution < 1.29 is 22.3 Å². The molecule has 1 heterocycles. The molecule has 0 spiro atoms. The molecule has 0 aliphatic carbocycles. The number of hydrogen-bond acceptors (Lipinski definition) is 5.